The maximum atomic E-state index is 13.3. The number of imidazole rings is 1. The lowest BCUT2D eigenvalue weighted by Gasteiger charge is -2.00. The van der Waals surface area contributed by atoms with E-state index in [0.717, 1.165) is 0 Å². The molecule has 0 saturated carbocycles. The van der Waals surface area contributed by atoms with Gasteiger partial charge in [0.25, 0.3) is 0 Å². The van der Waals surface area contributed by atoms with E-state index in [9.17, 15) is 4.39 Å². The smallest absolute Gasteiger partial charge is 0.174 e. The molecule has 2 aromatic heterocycles. The second kappa shape index (κ2) is 2.85. The zero-order valence-corrected chi connectivity index (χ0v) is 6.66. The molecule has 0 aromatic carbocycles. The molecule has 3 N–H and O–H groups in total. The highest BCUT2D eigenvalue weighted by atomic mass is 19.1. The van der Waals surface area contributed by atoms with Crippen molar-refractivity contribution in [1.29, 1.82) is 0 Å². The standard InChI is InChI=1S/C8H7FN4/c9-7-5(1-2-12-8(7)10)6-3-11-4-13-6/h1-4H,(H2,10,12)(H,11,13). The number of anilines is 1. The first kappa shape index (κ1) is 7.72. The van der Waals surface area contributed by atoms with Crippen molar-refractivity contribution < 1.29 is 4.39 Å². The number of nitrogens with two attached hydrogens (primary N) is 1. The minimum Gasteiger partial charge on any atom is -0.381 e. The van der Waals surface area contributed by atoms with E-state index in [4.69, 9.17) is 5.73 Å². The molecule has 0 atom stereocenters. The first-order valence-electron chi connectivity index (χ1n) is 3.68. The molecule has 0 radical (unpaired) electrons. The highest BCUT2D eigenvalue weighted by Crippen LogP contribution is 2.21. The maximum absolute atomic E-state index is 13.3. The Morgan fingerprint density at radius 3 is 3.00 bits per heavy atom. The summed E-state index contributed by atoms with van der Waals surface area (Å²) in [5.74, 6) is -0.626. The van der Waals surface area contributed by atoms with Gasteiger partial charge in [0.05, 0.1) is 18.2 Å². The number of hydrogen-bond donors (Lipinski definition) is 2. The highest BCUT2D eigenvalue weighted by Gasteiger charge is 2.08. The summed E-state index contributed by atoms with van der Waals surface area (Å²) in [5, 5.41) is 0. The molecule has 0 fully saturated rings. The van der Waals surface area contributed by atoms with Crippen molar-refractivity contribution in [2.45, 2.75) is 0 Å². The number of halogens is 1. The van der Waals surface area contributed by atoms with Gasteiger partial charge in [-0.15, -0.1) is 0 Å². The summed E-state index contributed by atoms with van der Waals surface area (Å²) in [4.78, 5) is 10.2. The third-order valence-corrected chi connectivity index (χ3v) is 1.70. The first-order chi connectivity index (χ1) is 6.29. The third-order valence-electron chi connectivity index (χ3n) is 1.70. The molecule has 0 unspecified atom stereocenters. The Morgan fingerprint density at radius 2 is 2.31 bits per heavy atom. The Balaban J connectivity index is 2.59. The van der Waals surface area contributed by atoms with Crippen molar-refractivity contribution in [2.24, 2.45) is 0 Å². The van der Waals surface area contributed by atoms with Gasteiger partial charge in [0.1, 0.15) is 0 Å². The molecule has 2 rings (SSSR count). The lowest BCUT2D eigenvalue weighted by molar-refractivity contribution is 0.630. The zero-order chi connectivity index (χ0) is 9.26. The van der Waals surface area contributed by atoms with Gasteiger partial charge in [-0.25, -0.2) is 14.4 Å². The Bertz CT molecular complexity index is 410. The van der Waals surface area contributed by atoms with Crippen LogP contribution >= 0.6 is 0 Å². The van der Waals surface area contributed by atoms with Crippen LogP contribution in [0.3, 0.4) is 0 Å². The molecule has 13 heavy (non-hydrogen) atoms. The Hall–Kier alpha value is -1.91. The minimum absolute atomic E-state index is 0.105. The topological polar surface area (TPSA) is 67.6 Å². The van der Waals surface area contributed by atoms with Gasteiger partial charge in [-0.1, -0.05) is 0 Å². The van der Waals surface area contributed by atoms with E-state index in [1.54, 1.807) is 6.07 Å². The molecular weight excluding hydrogens is 171 g/mol. The van der Waals surface area contributed by atoms with Crippen molar-refractivity contribution in [1.82, 2.24) is 15.0 Å². The van der Waals surface area contributed by atoms with Gasteiger partial charge in [-0.05, 0) is 6.07 Å². The number of pyridine rings is 1. The molecule has 5 heteroatoms. The van der Waals surface area contributed by atoms with E-state index in [2.05, 4.69) is 15.0 Å². The number of aromatic nitrogens is 3. The Morgan fingerprint density at radius 1 is 1.46 bits per heavy atom. The van der Waals surface area contributed by atoms with Gasteiger partial charge >= 0.3 is 0 Å². The molecule has 0 amide bonds. The third kappa shape index (κ3) is 1.24. The van der Waals surface area contributed by atoms with E-state index in [-0.39, 0.29) is 5.82 Å². The lowest BCUT2D eigenvalue weighted by atomic mass is 10.2. The fraction of sp³-hybridized carbons (Fsp3) is 0. The minimum atomic E-state index is -0.522. The largest absolute Gasteiger partial charge is 0.381 e. The summed E-state index contributed by atoms with van der Waals surface area (Å²) < 4.78 is 13.3. The molecular formula is C8H7FN4. The van der Waals surface area contributed by atoms with Crippen molar-refractivity contribution in [3.63, 3.8) is 0 Å². The predicted octanol–water partition coefficient (Wildman–Crippen LogP) is 1.19. The highest BCUT2D eigenvalue weighted by molar-refractivity contribution is 5.62. The monoisotopic (exact) mass is 178 g/mol. The molecule has 0 aliphatic heterocycles. The van der Waals surface area contributed by atoms with Crippen molar-refractivity contribution in [3.05, 3.63) is 30.6 Å². The van der Waals surface area contributed by atoms with Crippen molar-refractivity contribution in [2.75, 3.05) is 5.73 Å². The molecule has 0 aliphatic rings. The molecule has 2 heterocycles. The summed E-state index contributed by atoms with van der Waals surface area (Å²) in [7, 11) is 0. The Labute approximate surface area is 73.6 Å². The number of nitrogen functional groups attached to an aromatic ring is 1. The summed E-state index contributed by atoms with van der Waals surface area (Å²) in [5.41, 5.74) is 6.28. The fourth-order valence-electron chi connectivity index (χ4n) is 1.07. The van der Waals surface area contributed by atoms with E-state index in [0.29, 0.717) is 11.3 Å². The second-order valence-electron chi connectivity index (χ2n) is 2.52. The van der Waals surface area contributed by atoms with E-state index >= 15 is 0 Å². The number of nitrogens with one attached hydrogen (secondary N) is 1. The molecule has 0 spiro atoms. The molecule has 0 bridgehead atoms. The van der Waals surface area contributed by atoms with Crippen LogP contribution in [-0.4, -0.2) is 15.0 Å². The molecule has 0 aliphatic carbocycles. The van der Waals surface area contributed by atoms with E-state index in [1.165, 1.54) is 18.7 Å². The number of hydrogen-bond acceptors (Lipinski definition) is 3. The summed E-state index contributed by atoms with van der Waals surface area (Å²) in [6.45, 7) is 0. The van der Waals surface area contributed by atoms with Crippen LogP contribution in [0.15, 0.2) is 24.8 Å². The van der Waals surface area contributed by atoms with Gasteiger partial charge in [0.2, 0.25) is 0 Å². The van der Waals surface area contributed by atoms with Crippen molar-refractivity contribution >= 4 is 5.82 Å². The van der Waals surface area contributed by atoms with Crippen LogP contribution < -0.4 is 5.73 Å². The fourth-order valence-corrected chi connectivity index (χ4v) is 1.07. The SMILES string of the molecule is Nc1nccc(-c2cnc[nH]2)c1F. The quantitative estimate of drug-likeness (QED) is 0.689. The first-order valence-corrected chi connectivity index (χ1v) is 3.68. The summed E-state index contributed by atoms with van der Waals surface area (Å²) in [6, 6.07) is 1.54. The predicted molar refractivity (Wildman–Crippen MR) is 46.2 cm³/mol. The summed E-state index contributed by atoms with van der Waals surface area (Å²) >= 11 is 0. The molecule has 66 valence electrons. The van der Waals surface area contributed by atoms with Crippen LogP contribution in [0.5, 0.6) is 0 Å². The van der Waals surface area contributed by atoms with Gasteiger partial charge in [-0.3, -0.25) is 0 Å². The number of H-pyrrole nitrogens is 1. The van der Waals surface area contributed by atoms with Crippen molar-refractivity contribution in [3.8, 4) is 11.3 Å². The van der Waals surface area contributed by atoms with Crippen LogP contribution in [0.4, 0.5) is 10.2 Å². The number of nitrogens with zero attached hydrogens (tertiary/aromatic N) is 2. The van der Waals surface area contributed by atoms with Crippen LogP contribution in [-0.2, 0) is 0 Å². The van der Waals surface area contributed by atoms with Crippen LogP contribution in [0.25, 0.3) is 11.3 Å². The van der Waals surface area contributed by atoms with Crippen LogP contribution in [0, 0.1) is 5.82 Å². The zero-order valence-electron chi connectivity index (χ0n) is 6.66. The second-order valence-corrected chi connectivity index (χ2v) is 2.52. The van der Waals surface area contributed by atoms with Gasteiger partial charge < -0.3 is 10.7 Å². The van der Waals surface area contributed by atoms with E-state index < -0.39 is 5.82 Å². The van der Waals surface area contributed by atoms with E-state index in [1.807, 2.05) is 0 Å². The van der Waals surface area contributed by atoms with Crippen LogP contribution in [0.1, 0.15) is 0 Å². The summed E-state index contributed by atoms with van der Waals surface area (Å²) in [6.07, 6.45) is 4.46. The van der Waals surface area contributed by atoms with Gasteiger partial charge in [0.15, 0.2) is 11.6 Å². The Kier molecular flexibility index (Phi) is 1.70. The van der Waals surface area contributed by atoms with Crippen LogP contribution in [0.2, 0.25) is 0 Å². The molecule has 2 aromatic rings. The average Bonchev–Trinajstić information content (AvgIpc) is 2.62. The van der Waals surface area contributed by atoms with Gasteiger partial charge in [0, 0.05) is 11.8 Å². The lowest BCUT2D eigenvalue weighted by Crippen LogP contribution is -1.96. The molecule has 4 nitrogen and oxygen atoms in total. The van der Waals surface area contributed by atoms with Gasteiger partial charge in [-0.2, -0.15) is 0 Å². The maximum Gasteiger partial charge on any atom is 0.174 e. The average molecular weight is 178 g/mol. The number of aromatic amines is 1. The molecule has 0 saturated heterocycles. The normalized spacial score (nSPS) is 10.2. The number of rotatable bonds is 1.